The largest absolute Gasteiger partial charge is 0.352 e. The molecule has 0 spiro atoms. The predicted molar refractivity (Wildman–Crippen MR) is 120 cm³/mol. The lowest BCUT2D eigenvalue weighted by molar-refractivity contribution is 0.380. The third-order valence-corrected chi connectivity index (χ3v) is 5.89. The summed E-state index contributed by atoms with van der Waals surface area (Å²) in [6.45, 7) is 7.41. The van der Waals surface area contributed by atoms with Gasteiger partial charge in [-0.15, -0.1) is 24.0 Å². The van der Waals surface area contributed by atoms with Gasteiger partial charge in [0.25, 0.3) is 0 Å². The third-order valence-electron chi connectivity index (χ3n) is 4.35. The lowest BCUT2D eigenvalue weighted by Gasteiger charge is -2.36. The Morgan fingerprint density at radius 1 is 1.42 bits per heavy atom. The van der Waals surface area contributed by atoms with Crippen LogP contribution >= 0.6 is 35.7 Å². The van der Waals surface area contributed by atoms with Crippen LogP contribution in [0.2, 0.25) is 0 Å². The van der Waals surface area contributed by atoms with Crippen LogP contribution in [0.15, 0.2) is 41.8 Å². The molecule has 1 fully saturated rings. The van der Waals surface area contributed by atoms with Crippen molar-refractivity contribution in [2.45, 2.75) is 25.6 Å². The molecule has 0 aliphatic carbocycles. The molecule has 0 aromatic carbocycles. The van der Waals surface area contributed by atoms with Gasteiger partial charge in [-0.2, -0.15) is 16.9 Å². The number of thioether (sulfide) groups is 1. The Labute approximate surface area is 176 Å². The first-order valence-corrected chi connectivity index (χ1v) is 9.74. The van der Waals surface area contributed by atoms with Gasteiger partial charge in [-0.1, -0.05) is 13.8 Å². The van der Waals surface area contributed by atoms with Gasteiger partial charge in [-0.3, -0.25) is 4.99 Å². The first-order chi connectivity index (χ1) is 12.2. The summed E-state index contributed by atoms with van der Waals surface area (Å²) < 4.78 is 1.77. The molecule has 1 aliphatic rings. The average molecular weight is 486 g/mol. The molecule has 0 bridgehead atoms. The zero-order chi connectivity index (χ0) is 17.6. The molecule has 0 radical (unpaired) electrons. The molecule has 3 rings (SSSR count). The van der Waals surface area contributed by atoms with Crippen molar-refractivity contribution in [2.24, 2.45) is 10.9 Å². The van der Waals surface area contributed by atoms with Crippen LogP contribution in [0.3, 0.4) is 0 Å². The standard InChI is InChI=1S/C18H26N6S.HI/c1-14(2)16-13-23(9-10-25-16)18(19-3)21-12-15-5-7-20-17(11-15)24-8-4-6-22-24;/h4-8,11,14,16H,9-10,12-13H2,1-3H3,(H,19,21);1H. The molecule has 142 valence electrons. The molecule has 26 heavy (non-hydrogen) atoms. The maximum Gasteiger partial charge on any atom is 0.193 e. The van der Waals surface area contributed by atoms with E-state index in [1.165, 1.54) is 0 Å². The molecule has 0 amide bonds. The van der Waals surface area contributed by atoms with Crippen LogP contribution in [0.5, 0.6) is 0 Å². The van der Waals surface area contributed by atoms with Crippen LogP contribution in [-0.4, -0.2) is 56.8 Å². The van der Waals surface area contributed by atoms with Gasteiger partial charge in [0.05, 0.1) is 0 Å². The van der Waals surface area contributed by atoms with E-state index >= 15 is 0 Å². The van der Waals surface area contributed by atoms with Crippen molar-refractivity contribution in [3.05, 3.63) is 42.4 Å². The second kappa shape index (κ2) is 10.1. The number of guanidine groups is 1. The van der Waals surface area contributed by atoms with E-state index in [1.807, 2.05) is 31.6 Å². The van der Waals surface area contributed by atoms with E-state index in [2.05, 4.69) is 57.0 Å². The smallest absolute Gasteiger partial charge is 0.193 e. The first kappa shape index (κ1) is 21.0. The zero-order valence-electron chi connectivity index (χ0n) is 15.5. The quantitative estimate of drug-likeness (QED) is 0.409. The molecular formula is C18H27IN6S. The zero-order valence-corrected chi connectivity index (χ0v) is 18.6. The van der Waals surface area contributed by atoms with Gasteiger partial charge in [-0.05, 0) is 29.7 Å². The lowest BCUT2D eigenvalue weighted by atomic mass is 10.1. The van der Waals surface area contributed by atoms with Gasteiger partial charge in [0.1, 0.15) is 0 Å². The lowest BCUT2D eigenvalue weighted by Crippen LogP contribution is -2.48. The first-order valence-electron chi connectivity index (χ1n) is 8.69. The Morgan fingerprint density at radius 3 is 2.96 bits per heavy atom. The summed E-state index contributed by atoms with van der Waals surface area (Å²) in [6.07, 6.45) is 5.48. The van der Waals surface area contributed by atoms with Crippen molar-refractivity contribution in [3.63, 3.8) is 0 Å². The Balaban J connectivity index is 0.00000243. The average Bonchev–Trinajstić information content (AvgIpc) is 3.17. The van der Waals surface area contributed by atoms with Crippen LogP contribution < -0.4 is 5.32 Å². The van der Waals surface area contributed by atoms with E-state index in [0.717, 1.165) is 42.7 Å². The number of pyridine rings is 1. The Hall–Kier alpha value is -1.29. The highest BCUT2D eigenvalue weighted by atomic mass is 127. The molecule has 1 N–H and O–H groups in total. The van der Waals surface area contributed by atoms with Gasteiger partial charge in [0.2, 0.25) is 0 Å². The summed E-state index contributed by atoms with van der Waals surface area (Å²) in [5, 5.41) is 8.40. The van der Waals surface area contributed by atoms with E-state index in [0.29, 0.717) is 11.2 Å². The summed E-state index contributed by atoms with van der Waals surface area (Å²) in [4.78, 5) is 11.2. The van der Waals surface area contributed by atoms with E-state index in [-0.39, 0.29) is 24.0 Å². The van der Waals surface area contributed by atoms with E-state index in [9.17, 15) is 0 Å². The Kier molecular flexibility index (Phi) is 8.20. The number of rotatable bonds is 4. The molecule has 3 heterocycles. The van der Waals surface area contributed by atoms with Crippen LogP contribution in [0.1, 0.15) is 19.4 Å². The van der Waals surface area contributed by atoms with Crippen LogP contribution in [0.4, 0.5) is 0 Å². The molecule has 2 aromatic rings. The van der Waals surface area contributed by atoms with Gasteiger partial charge in [0, 0.05) is 56.3 Å². The summed E-state index contributed by atoms with van der Waals surface area (Å²) in [5.41, 5.74) is 1.16. The van der Waals surface area contributed by atoms with Crippen molar-refractivity contribution in [2.75, 3.05) is 25.9 Å². The van der Waals surface area contributed by atoms with Crippen LogP contribution in [-0.2, 0) is 6.54 Å². The molecular weight excluding hydrogens is 459 g/mol. The Morgan fingerprint density at radius 2 is 2.27 bits per heavy atom. The minimum absolute atomic E-state index is 0. The minimum Gasteiger partial charge on any atom is -0.352 e. The summed E-state index contributed by atoms with van der Waals surface area (Å²) in [7, 11) is 1.86. The number of aromatic nitrogens is 3. The molecule has 1 atom stereocenters. The van der Waals surface area contributed by atoms with Gasteiger partial charge in [0.15, 0.2) is 11.8 Å². The summed E-state index contributed by atoms with van der Waals surface area (Å²) >= 11 is 2.08. The molecule has 8 heteroatoms. The van der Waals surface area contributed by atoms with Crippen molar-refractivity contribution in [1.82, 2.24) is 25.0 Å². The number of hydrogen-bond acceptors (Lipinski definition) is 4. The third kappa shape index (κ3) is 5.35. The highest BCUT2D eigenvalue weighted by Crippen LogP contribution is 2.24. The van der Waals surface area contributed by atoms with Gasteiger partial charge < -0.3 is 10.2 Å². The minimum atomic E-state index is 0. The fourth-order valence-corrected chi connectivity index (χ4v) is 4.18. The van der Waals surface area contributed by atoms with E-state index < -0.39 is 0 Å². The number of nitrogens with zero attached hydrogens (tertiary/aromatic N) is 5. The predicted octanol–water partition coefficient (Wildman–Crippen LogP) is 3.03. The SMILES string of the molecule is CN=C(NCc1ccnc(-n2cccn2)c1)N1CCSC(C(C)C)C1.I. The van der Waals surface area contributed by atoms with Crippen molar-refractivity contribution in [3.8, 4) is 5.82 Å². The van der Waals surface area contributed by atoms with Gasteiger partial charge in [-0.25, -0.2) is 9.67 Å². The van der Waals surface area contributed by atoms with Crippen LogP contribution in [0.25, 0.3) is 5.82 Å². The monoisotopic (exact) mass is 486 g/mol. The molecule has 1 unspecified atom stereocenters. The van der Waals surface area contributed by atoms with E-state index in [4.69, 9.17) is 0 Å². The molecule has 1 saturated heterocycles. The maximum absolute atomic E-state index is 4.48. The summed E-state index contributed by atoms with van der Waals surface area (Å²) in [5.74, 6) is 3.64. The molecule has 2 aromatic heterocycles. The highest BCUT2D eigenvalue weighted by Gasteiger charge is 2.24. The second-order valence-corrected chi connectivity index (χ2v) is 7.82. The normalized spacial score (nSPS) is 17.9. The highest BCUT2D eigenvalue weighted by molar-refractivity contribution is 14.0. The number of aliphatic imine (C=N–C) groups is 1. The molecule has 0 saturated carbocycles. The van der Waals surface area contributed by atoms with E-state index in [1.54, 1.807) is 10.9 Å². The maximum atomic E-state index is 4.48. The second-order valence-electron chi connectivity index (χ2n) is 6.47. The number of nitrogens with one attached hydrogen (secondary N) is 1. The van der Waals surface area contributed by atoms with Crippen molar-refractivity contribution < 1.29 is 0 Å². The van der Waals surface area contributed by atoms with Gasteiger partial charge >= 0.3 is 0 Å². The molecule has 1 aliphatic heterocycles. The van der Waals surface area contributed by atoms with Crippen molar-refractivity contribution >= 4 is 41.7 Å². The fourth-order valence-electron chi connectivity index (χ4n) is 2.88. The van der Waals surface area contributed by atoms with Crippen molar-refractivity contribution in [1.29, 1.82) is 0 Å². The molecule has 6 nitrogen and oxygen atoms in total. The number of hydrogen-bond donors (Lipinski definition) is 1. The topological polar surface area (TPSA) is 58.3 Å². The van der Waals surface area contributed by atoms with Crippen LogP contribution in [0, 0.1) is 5.92 Å². The number of halogens is 1. The Bertz CT molecular complexity index is 703. The fraction of sp³-hybridized carbons (Fsp3) is 0.500. The summed E-state index contributed by atoms with van der Waals surface area (Å²) in [6, 6.07) is 5.97.